The molecule has 1 saturated heterocycles. The SMILES string of the molecule is COc1cccc(N2CCN(C(=O)CCS(=O)(=O)c3cccc4nsnc34)CC2)c1. The maximum atomic E-state index is 12.8. The largest absolute Gasteiger partial charge is 0.497 e. The average Bonchev–Trinajstić information content (AvgIpc) is 3.26. The second-order valence-corrected chi connectivity index (χ2v) is 9.63. The first-order valence-electron chi connectivity index (χ1n) is 9.59. The van der Waals surface area contributed by atoms with Gasteiger partial charge in [-0.1, -0.05) is 12.1 Å². The molecule has 30 heavy (non-hydrogen) atoms. The molecule has 1 aliphatic rings. The van der Waals surface area contributed by atoms with Crippen molar-refractivity contribution in [3.8, 4) is 5.75 Å². The van der Waals surface area contributed by atoms with E-state index in [1.54, 1.807) is 24.1 Å². The Morgan fingerprint density at radius 3 is 2.63 bits per heavy atom. The molecule has 3 aromatic rings. The number of carbonyl (C=O) groups excluding carboxylic acids is 1. The Kier molecular flexibility index (Phi) is 5.87. The fraction of sp³-hybridized carbons (Fsp3) is 0.350. The number of anilines is 1. The summed E-state index contributed by atoms with van der Waals surface area (Å²) in [5.41, 5.74) is 1.98. The summed E-state index contributed by atoms with van der Waals surface area (Å²) in [7, 11) is -1.99. The zero-order valence-electron chi connectivity index (χ0n) is 16.5. The smallest absolute Gasteiger partial charge is 0.223 e. The van der Waals surface area contributed by atoms with E-state index in [0.717, 1.165) is 23.2 Å². The van der Waals surface area contributed by atoms with Gasteiger partial charge in [0.25, 0.3) is 0 Å². The van der Waals surface area contributed by atoms with Gasteiger partial charge in [0.1, 0.15) is 16.8 Å². The molecule has 2 heterocycles. The Balaban J connectivity index is 1.35. The van der Waals surface area contributed by atoms with Gasteiger partial charge in [-0.3, -0.25) is 4.79 Å². The highest BCUT2D eigenvalue weighted by Gasteiger charge is 2.25. The van der Waals surface area contributed by atoms with Gasteiger partial charge in [0, 0.05) is 44.4 Å². The molecular formula is C20H22N4O4S2. The minimum atomic E-state index is -3.62. The van der Waals surface area contributed by atoms with Gasteiger partial charge in [-0.05, 0) is 24.3 Å². The zero-order chi connectivity index (χ0) is 21.1. The van der Waals surface area contributed by atoms with Crippen molar-refractivity contribution in [2.24, 2.45) is 0 Å². The Morgan fingerprint density at radius 1 is 1.10 bits per heavy atom. The summed E-state index contributed by atoms with van der Waals surface area (Å²) in [6.07, 6.45) is -0.0462. The number of fused-ring (bicyclic) bond motifs is 1. The topological polar surface area (TPSA) is 92.7 Å². The molecule has 0 aliphatic carbocycles. The summed E-state index contributed by atoms with van der Waals surface area (Å²) in [5, 5.41) is 0. The fourth-order valence-corrected chi connectivity index (χ4v) is 5.54. The quantitative estimate of drug-likeness (QED) is 0.573. The molecular weight excluding hydrogens is 424 g/mol. The number of hydrogen-bond acceptors (Lipinski definition) is 8. The van der Waals surface area contributed by atoms with Crippen molar-refractivity contribution in [1.29, 1.82) is 0 Å². The van der Waals surface area contributed by atoms with Crippen molar-refractivity contribution in [1.82, 2.24) is 13.6 Å². The second-order valence-electron chi connectivity index (χ2n) is 7.03. The molecule has 10 heteroatoms. The fourth-order valence-electron chi connectivity index (χ4n) is 3.54. The van der Waals surface area contributed by atoms with E-state index in [-0.39, 0.29) is 23.0 Å². The molecule has 0 bridgehead atoms. The van der Waals surface area contributed by atoms with Gasteiger partial charge in [0.15, 0.2) is 9.84 Å². The van der Waals surface area contributed by atoms with E-state index in [4.69, 9.17) is 4.74 Å². The predicted molar refractivity (Wildman–Crippen MR) is 116 cm³/mol. The standard InChI is InChI=1S/C20H22N4O4S2/c1-28-16-5-2-4-15(14-16)23-9-11-24(12-10-23)19(25)8-13-30(26,27)18-7-3-6-17-20(18)22-29-21-17/h2-7,14H,8-13H2,1H3. The summed E-state index contributed by atoms with van der Waals surface area (Å²) >= 11 is 0.979. The first-order valence-corrected chi connectivity index (χ1v) is 12.0. The predicted octanol–water partition coefficient (Wildman–Crippen LogP) is 2.21. The number of benzene rings is 2. The molecule has 0 unspecified atom stereocenters. The van der Waals surface area contributed by atoms with E-state index in [9.17, 15) is 13.2 Å². The number of hydrogen-bond donors (Lipinski definition) is 0. The van der Waals surface area contributed by atoms with E-state index in [0.29, 0.717) is 37.2 Å². The van der Waals surface area contributed by atoms with Crippen molar-refractivity contribution in [2.75, 3.05) is 43.9 Å². The molecule has 0 N–H and O–H groups in total. The van der Waals surface area contributed by atoms with Crippen molar-refractivity contribution < 1.29 is 17.9 Å². The molecule has 4 rings (SSSR count). The van der Waals surface area contributed by atoms with Crippen LogP contribution in [-0.4, -0.2) is 67.0 Å². The number of methoxy groups -OCH3 is 1. The Bertz CT molecular complexity index is 1150. The number of sulfone groups is 1. The van der Waals surface area contributed by atoms with Gasteiger partial charge in [0.05, 0.1) is 29.5 Å². The lowest BCUT2D eigenvalue weighted by atomic mass is 10.2. The van der Waals surface area contributed by atoms with Gasteiger partial charge in [-0.2, -0.15) is 8.75 Å². The van der Waals surface area contributed by atoms with Crippen LogP contribution in [0.4, 0.5) is 5.69 Å². The van der Waals surface area contributed by atoms with Gasteiger partial charge >= 0.3 is 0 Å². The van der Waals surface area contributed by atoms with Gasteiger partial charge in [-0.25, -0.2) is 8.42 Å². The van der Waals surface area contributed by atoms with Gasteiger partial charge < -0.3 is 14.5 Å². The first kappa shape index (κ1) is 20.5. The van der Waals surface area contributed by atoms with Crippen LogP contribution in [0, 0.1) is 0 Å². The van der Waals surface area contributed by atoms with E-state index < -0.39 is 9.84 Å². The third kappa shape index (κ3) is 4.24. The summed E-state index contributed by atoms with van der Waals surface area (Å²) in [4.78, 5) is 16.7. The summed E-state index contributed by atoms with van der Waals surface area (Å²) < 4.78 is 39.0. The molecule has 0 radical (unpaired) electrons. The third-order valence-electron chi connectivity index (χ3n) is 5.22. The Morgan fingerprint density at radius 2 is 1.87 bits per heavy atom. The monoisotopic (exact) mass is 446 g/mol. The number of carbonyl (C=O) groups is 1. The van der Waals surface area contributed by atoms with Crippen LogP contribution in [-0.2, 0) is 14.6 Å². The van der Waals surface area contributed by atoms with E-state index in [1.165, 1.54) is 6.07 Å². The second kappa shape index (κ2) is 8.57. The zero-order valence-corrected chi connectivity index (χ0v) is 18.2. The number of nitrogens with zero attached hydrogens (tertiary/aromatic N) is 4. The maximum Gasteiger partial charge on any atom is 0.223 e. The van der Waals surface area contributed by atoms with Crippen LogP contribution in [0.3, 0.4) is 0 Å². The summed E-state index contributed by atoms with van der Waals surface area (Å²) in [6.45, 7) is 2.49. The Labute approximate surface area is 179 Å². The number of amides is 1. The van der Waals surface area contributed by atoms with E-state index >= 15 is 0 Å². The number of aromatic nitrogens is 2. The normalized spacial score (nSPS) is 14.8. The number of rotatable bonds is 6. The highest BCUT2D eigenvalue weighted by Crippen LogP contribution is 2.24. The van der Waals surface area contributed by atoms with Crippen LogP contribution in [0.5, 0.6) is 5.75 Å². The van der Waals surface area contributed by atoms with Crippen LogP contribution >= 0.6 is 11.7 Å². The molecule has 1 aliphatic heterocycles. The van der Waals surface area contributed by atoms with E-state index in [2.05, 4.69) is 13.6 Å². The third-order valence-corrected chi connectivity index (χ3v) is 7.50. The van der Waals surface area contributed by atoms with Gasteiger partial charge in [0.2, 0.25) is 5.91 Å². The first-order chi connectivity index (χ1) is 14.5. The molecule has 8 nitrogen and oxygen atoms in total. The van der Waals surface area contributed by atoms with Crippen LogP contribution in [0.25, 0.3) is 11.0 Å². The molecule has 2 aromatic carbocycles. The lowest BCUT2D eigenvalue weighted by Gasteiger charge is -2.36. The van der Waals surface area contributed by atoms with Crippen LogP contribution in [0.2, 0.25) is 0 Å². The van der Waals surface area contributed by atoms with Crippen molar-refractivity contribution in [2.45, 2.75) is 11.3 Å². The van der Waals surface area contributed by atoms with Crippen LogP contribution in [0.1, 0.15) is 6.42 Å². The van der Waals surface area contributed by atoms with Crippen LogP contribution in [0.15, 0.2) is 47.4 Å². The van der Waals surface area contributed by atoms with Crippen LogP contribution < -0.4 is 9.64 Å². The van der Waals surface area contributed by atoms with Crippen molar-refractivity contribution in [3.05, 3.63) is 42.5 Å². The minimum Gasteiger partial charge on any atom is -0.497 e. The molecule has 1 aromatic heterocycles. The molecule has 0 atom stereocenters. The van der Waals surface area contributed by atoms with E-state index in [1.807, 2.05) is 24.3 Å². The van der Waals surface area contributed by atoms with Gasteiger partial charge in [-0.15, -0.1) is 0 Å². The van der Waals surface area contributed by atoms with Crippen molar-refractivity contribution in [3.63, 3.8) is 0 Å². The minimum absolute atomic E-state index is 0.0462. The lowest BCUT2D eigenvalue weighted by Crippen LogP contribution is -2.49. The molecule has 158 valence electrons. The lowest BCUT2D eigenvalue weighted by molar-refractivity contribution is -0.131. The number of ether oxygens (including phenoxy) is 1. The highest BCUT2D eigenvalue weighted by molar-refractivity contribution is 7.91. The molecule has 0 spiro atoms. The average molecular weight is 447 g/mol. The maximum absolute atomic E-state index is 12.8. The molecule has 1 fully saturated rings. The molecule has 0 saturated carbocycles. The summed E-state index contributed by atoms with van der Waals surface area (Å²) in [5.74, 6) is 0.410. The highest BCUT2D eigenvalue weighted by atomic mass is 32.2. The van der Waals surface area contributed by atoms with Crippen molar-refractivity contribution >= 4 is 44.2 Å². The molecule has 1 amide bonds. The Hall–Kier alpha value is -2.72. The number of piperazine rings is 1. The summed E-state index contributed by atoms with van der Waals surface area (Å²) in [6, 6.07) is 12.7.